The molecule has 1 aliphatic rings. The predicted molar refractivity (Wildman–Crippen MR) is 127 cm³/mol. The maximum atomic E-state index is 12.7. The number of anilines is 1. The van der Waals surface area contributed by atoms with Gasteiger partial charge in [0, 0.05) is 22.9 Å². The number of halogens is 2. The quantitative estimate of drug-likeness (QED) is 0.459. The zero-order chi connectivity index (χ0) is 20.2. The van der Waals surface area contributed by atoms with E-state index in [1.165, 1.54) is 6.42 Å². The van der Waals surface area contributed by atoms with Crippen molar-refractivity contribution in [3.05, 3.63) is 59.9 Å². The molecule has 3 aromatic rings. The number of hydrogen-bond acceptors (Lipinski definition) is 4. The van der Waals surface area contributed by atoms with Gasteiger partial charge in [-0.25, -0.2) is 4.98 Å². The van der Waals surface area contributed by atoms with Crippen LogP contribution in [0, 0.1) is 5.92 Å². The van der Waals surface area contributed by atoms with E-state index in [2.05, 4.69) is 20.6 Å². The lowest BCUT2D eigenvalue weighted by Gasteiger charge is -2.31. The SMILES string of the molecule is Cl.Cl.NCC1CCCCC1NC(=O)c1cccc(NC(=O)c2ccc3nc[nH]c3c2)c1. The number of fused-ring (bicyclic) bond motifs is 1. The van der Waals surface area contributed by atoms with Gasteiger partial charge in [0.05, 0.1) is 17.4 Å². The molecule has 31 heavy (non-hydrogen) atoms. The molecule has 1 saturated carbocycles. The number of nitrogens with zero attached hydrogens (tertiary/aromatic N) is 1. The van der Waals surface area contributed by atoms with Crippen molar-refractivity contribution in [2.45, 2.75) is 31.7 Å². The second kappa shape index (κ2) is 11.1. The van der Waals surface area contributed by atoms with Crippen LogP contribution in [0.3, 0.4) is 0 Å². The van der Waals surface area contributed by atoms with Gasteiger partial charge >= 0.3 is 0 Å². The Morgan fingerprint density at radius 3 is 2.61 bits per heavy atom. The number of nitrogens with one attached hydrogen (secondary N) is 3. The highest BCUT2D eigenvalue weighted by molar-refractivity contribution is 6.06. The van der Waals surface area contributed by atoms with Crippen molar-refractivity contribution in [2.75, 3.05) is 11.9 Å². The van der Waals surface area contributed by atoms with Crippen LogP contribution in [0.2, 0.25) is 0 Å². The van der Waals surface area contributed by atoms with Gasteiger partial charge in [-0.2, -0.15) is 0 Å². The number of carbonyl (C=O) groups excluding carboxylic acids is 2. The van der Waals surface area contributed by atoms with E-state index < -0.39 is 0 Å². The first-order valence-electron chi connectivity index (χ1n) is 9.99. The third kappa shape index (κ3) is 5.76. The molecule has 5 N–H and O–H groups in total. The minimum Gasteiger partial charge on any atom is -0.349 e. The summed E-state index contributed by atoms with van der Waals surface area (Å²) in [6, 6.07) is 12.4. The molecule has 0 bridgehead atoms. The fraction of sp³-hybridized carbons (Fsp3) is 0.318. The average Bonchev–Trinajstić information content (AvgIpc) is 3.22. The highest BCUT2D eigenvalue weighted by Gasteiger charge is 2.25. The van der Waals surface area contributed by atoms with E-state index in [4.69, 9.17) is 5.73 Å². The molecule has 0 spiro atoms. The van der Waals surface area contributed by atoms with Crippen LogP contribution < -0.4 is 16.4 Å². The Hall–Kier alpha value is -2.61. The first kappa shape index (κ1) is 24.7. The molecule has 0 saturated heterocycles. The summed E-state index contributed by atoms with van der Waals surface area (Å²) in [5.41, 5.74) is 9.08. The zero-order valence-electron chi connectivity index (χ0n) is 17.0. The summed E-state index contributed by atoms with van der Waals surface area (Å²) in [6.07, 6.45) is 5.88. The number of amides is 2. The Kier molecular flexibility index (Phi) is 8.86. The summed E-state index contributed by atoms with van der Waals surface area (Å²) in [5, 5.41) is 5.98. The molecule has 1 aliphatic carbocycles. The second-order valence-electron chi connectivity index (χ2n) is 7.53. The van der Waals surface area contributed by atoms with Crippen LogP contribution >= 0.6 is 24.8 Å². The fourth-order valence-corrected chi connectivity index (χ4v) is 3.95. The first-order valence-corrected chi connectivity index (χ1v) is 9.99. The van der Waals surface area contributed by atoms with E-state index in [0.717, 1.165) is 30.3 Å². The monoisotopic (exact) mass is 463 g/mol. The molecule has 2 aromatic carbocycles. The lowest BCUT2D eigenvalue weighted by atomic mass is 9.84. The molecule has 9 heteroatoms. The number of aromatic nitrogens is 2. The Bertz CT molecular complexity index is 1040. The standard InChI is InChI=1S/C22H25N5O2.2ClH/c23-12-16-4-1-2-7-18(16)27-22(29)14-5-3-6-17(10-14)26-21(28)15-8-9-19-20(11-15)25-13-24-19;;/h3,5-6,8-11,13,16,18H,1-2,4,7,12,23H2,(H,24,25)(H,26,28)(H,27,29);2*1H. The summed E-state index contributed by atoms with van der Waals surface area (Å²) in [5.74, 6) is -0.0483. The van der Waals surface area contributed by atoms with Gasteiger partial charge in [0.2, 0.25) is 0 Å². The summed E-state index contributed by atoms with van der Waals surface area (Å²) in [6.45, 7) is 0.585. The highest BCUT2D eigenvalue weighted by Crippen LogP contribution is 2.24. The van der Waals surface area contributed by atoms with Crippen molar-refractivity contribution in [2.24, 2.45) is 11.7 Å². The van der Waals surface area contributed by atoms with Gasteiger partial charge in [-0.1, -0.05) is 18.9 Å². The van der Waals surface area contributed by atoms with Gasteiger partial charge in [0.15, 0.2) is 0 Å². The summed E-state index contributed by atoms with van der Waals surface area (Å²) in [4.78, 5) is 32.5. The van der Waals surface area contributed by atoms with E-state index in [-0.39, 0.29) is 42.7 Å². The van der Waals surface area contributed by atoms with Crippen LogP contribution in [0.4, 0.5) is 5.69 Å². The molecular formula is C22H27Cl2N5O2. The van der Waals surface area contributed by atoms with Crippen molar-refractivity contribution in [1.82, 2.24) is 15.3 Å². The van der Waals surface area contributed by atoms with E-state index in [1.54, 1.807) is 48.8 Å². The molecule has 0 radical (unpaired) electrons. The van der Waals surface area contributed by atoms with Gasteiger partial charge in [-0.15, -0.1) is 24.8 Å². The molecule has 1 heterocycles. The van der Waals surface area contributed by atoms with Crippen LogP contribution in [0.5, 0.6) is 0 Å². The van der Waals surface area contributed by atoms with Crippen molar-refractivity contribution < 1.29 is 9.59 Å². The van der Waals surface area contributed by atoms with Crippen molar-refractivity contribution >= 4 is 53.3 Å². The molecule has 2 atom stereocenters. The van der Waals surface area contributed by atoms with Crippen molar-refractivity contribution in [3.63, 3.8) is 0 Å². The van der Waals surface area contributed by atoms with Crippen LogP contribution in [-0.2, 0) is 0 Å². The minimum absolute atomic E-state index is 0. The maximum Gasteiger partial charge on any atom is 0.255 e. The van der Waals surface area contributed by atoms with E-state index in [9.17, 15) is 9.59 Å². The molecule has 1 fully saturated rings. The van der Waals surface area contributed by atoms with Gasteiger partial charge in [-0.05, 0) is 61.7 Å². The molecule has 4 rings (SSSR count). The normalized spacial score (nSPS) is 17.8. The Balaban J connectivity index is 0.00000171. The van der Waals surface area contributed by atoms with Crippen LogP contribution in [0.1, 0.15) is 46.4 Å². The maximum absolute atomic E-state index is 12.7. The lowest BCUT2D eigenvalue weighted by molar-refractivity contribution is 0.0907. The van der Waals surface area contributed by atoms with Crippen LogP contribution in [0.25, 0.3) is 11.0 Å². The average molecular weight is 464 g/mol. The van der Waals surface area contributed by atoms with Gasteiger partial charge in [0.25, 0.3) is 11.8 Å². The molecular weight excluding hydrogens is 437 g/mol. The Morgan fingerprint density at radius 2 is 1.81 bits per heavy atom. The van der Waals surface area contributed by atoms with Gasteiger partial charge < -0.3 is 21.4 Å². The number of nitrogens with two attached hydrogens (primary N) is 1. The molecule has 0 aliphatic heterocycles. The first-order chi connectivity index (χ1) is 14.1. The third-order valence-electron chi connectivity index (χ3n) is 5.59. The van der Waals surface area contributed by atoms with Gasteiger partial charge in [-0.3, -0.25) is 9.59 Å². The molecule has 2 amide bonds. The molecule has 1 aromatic heterocycles. The van der Waals surface area contributed by atoms with Gasteiger partial charge in [0.1, 0.15) is 0 Å². The third-order valence-corrected chi connectivity index (χ3v) is 5.59. The number of H-pyrrole nitrogens is 1. The van der Waals surface area contributed by atoms with E-state index in [1.807, 2.05) is 0 Å². The second-order valence-corrected chi connectivity index (χ2v) is 7.53. The Morgan fingerprint density at radius 1 is 1.03 bits per heavy atom. The van der Waals surface area contributed by atoms with Crippen LogP contribution in [0.15, 0.2) is 48.8 Å². The van der Waals surface area contributed by atoms with Crippen LogP contribution in [-0.4, -0.2) is 34.4 Å². The lowest BCUT2D eigenvalue weighted by Crippen LogP contribution is -2.44. The number of imidazole rings is 1. The van der Waals surface area contributed by atoms with Crippen molar-refractivity contribution in [1.29, 1.82) is 0 Å². The zero-order valence-corrected chi connectivity index (χ0v) is 18.6. The van der Waals surface area contributed by atoms with E-state index in [0.29, 0.717) is 29.3 Å². The number of aromatic amines is 1. The minimum atomic E-state index is -0.241. The summed E-state index contributed by atoms with van der Waals surface area (Å²) < 4.78 is 0. The topological polar surface area (TPSA) is 113 Å². The summed E-state index contributed by atoms with van der Waals surface area (Å²) >= 11 is 0. The fourth-order valence-electron chi connectivity index (χ4n) is 3.95. The Labute approximate surface area is 193 Å². The predicted octanol–water partition coefficient (Wildman–Crippen LogP) is 3.91. The molecule has 166 valence electrons. The van der Waals surface area contributed by atoms with Crippen molar-refractivity contribution in [3.8, 4) is 0 Å². The number of rotatable bonds is 5. The number of hydrogen-bond donors (Lipinski definition) is 4. The number of carbonyl (C=O) groups is 2. The van der Waals surface area contributed by atoms with E-state index >= 15 is 0 Å². The molecule has 2 unspecified atom stereocenters. The largest absolute Gasteiger partial charge is 0.349 e. The smallest absolute Gasteiger partial charge is 0.255 e. The number of benzene rings is 2. The molecule has 7 nitrogen and oxygen atoms in total. The summed E-state index contributed by atoms with van der Waals surface area (Å²) in [7, 11) is 0. The highest BCUT2D eigenvalue weighted by atomic mass is 35.5.